The number of amides is 1. The highest BCUT2D eigenvalue weighted by Crippen LogP contribution is 2.23. The second-order valence-electron chi connectivity index (χ2n) is 5.86. The van der Waals surface area contributed by atoms with Gasteiger partial charge in [0, 0.05) is 45.3 Å². The minimum absolute atomic E-state index is 0. The van der Waals surface area contributed by atoms with Crippen molar-refractivity contribution in [2.24, 2.45) is 10.9 Å². The summed E-state index contributed by atoms with van der Waals surface area (Å²) in [5.41, 5.74) is 0. The Morgan fingerprint density at radius 3 is 2.46 bits per heavy atom. The molecule has 1 amide bonds. The van der Waals surface area contributed by atoms with Crippen LogP contribution in [-0.2, 0) is 9.53 Å². The molecule has 0 aromatic rings. The molecule has 1 rings (SSSR count). The van der Waals surface area contributed by atoms with Gasteiger partial charge in [-0.25, -0.2) is 0 Å². The lowest BCUT2D eigenvalue weighted by Gasteiger charge is -2.21. The fraction of sp³-hybridized carbons (Fsp3) is 0.882. The largest absolute Gasteiger partial charge is 0.382 e. The molecule has 1 aliphatic rings. The number of guanidine groups is 1. The molecular weight excluding hydrogens is 419 g/mol. The molecule has 0 heterocycles. The fourth-order valence-electron chi connectivity index (χ4n) is 2.72. The number of nitrogens with one attached hydrogen (secondary N) is 3. The number of rotatable bonds is 10. The van der Waals surface area contributed by atoms with Crippen molar-refractivity contribution >= 4 is 35.8 Å². The predicted octanol–water partition coefficient (Wildman–Crippen LogP) is 2.28. The van der Waals surface area contributed by atoms with Crippen LogP contribution >= 0.6 is 24.0 Å². The smallest absolute Gasteiger partial charge is 0.223 e. The van der Waals surface area contributed by atoms with Crippen LogP contribution in [0.3, 0.4) is 0 Å². The van der Waals surface area contributed by atoms with Crippen molar-refractivity contribution in [2.45, 2.75) is 52.4 Å². The molecule has 142 valence electrons. The number of aliphatic imine (C=N–C) groups is 1. The zero-order valence-corrected chi connectivity index (χ0v) is 17.6. The minimum Gasteiger partial charge on any atom is -0.382 e. The van der Waals surface area contributed by atoms with Gasteiger partial charge < -0.3 is 20.7 Å². The molecule has 0 unspecified atom stereocenters. The lowest BCUT2D eigenvalue weighted by molar-refractivity contribution is -0.125. The third-order valence-corrected chi connectivity index (χ3v) is 3.96. The Hall–Kier alpha value is -0.570. The van der Waals surface area contributed by atoms with Gasteiger partial charge in [-0.15, -0.1) is 24.0 Å². The Bertz CT molecular complexity index is 347. The van der Waals surface area contributed by atoms with Crippen molar-refractivity contribution in [3.8, 4) is 0 Å². The number of hydrogen-bond acceptors (Lipinski definition) is 3. The van der Waals surface area contributed by atoms with Gasteiger partial charge in [-0.05, 0) is 33.1 Å². The number of nitrogens with zero attached hydrogens (tertiary/aromatic N) is 1. The molecule has 1 aliphatic carbocycles. The van der Waals surface area contributed by atoms with Crippen molar-refractivity contribution < 1.29 is 9.53 Å². The average molecular weight is 454 g/mol. The molecule has 0 radical (unpaired) electrons. The van der Waals surface area contributed by atoms with Crippen LogP contribution in [0.25, 0.3) is 0 Å². The third kappa shape index (κ3) is 11.1. The fourth-order valence-corrected chi connectivity index (χ4v) is 2.72. The Morgan fingerprint density at radius 1 is 1.08 bits per heavy atom. The Morgan fingerprint density at radius 2 is 1.79 bits per heavy atom. The molecule has 0 atom stereocenters. The van der Waals surface area contributed by atoms with Crippen LogP contribution in [0.5, 0.6) is 0 Å². The molecule has 1 fully saturated rings. The van der Waals surface area contributed by atoms with Crippen LogP contribution in [0.1, 0.15) is 52.4 Å². The number of carbonyl (C=O) groups is 1. The SMILES string of the molecule is CCNC(=NCCCOCC)NCCNC(=O)C1CCCCC1.I. The Kier molecular flexibility index (Phi) is 15.6. The molecule has 7 heteroatoms. The van der Waals surface area contributed by atoms with Gasteiger partial charge in [0.25, 0.3) is 0 Å². The van der Waals surface area contributed by atoms with Gasteiger partial charge in [0.2, 0.25) is 5.91 Å². The quantitative estimate of drug-likeness (QED) is 0.205. The van der Waals surface area contributed by atoms with E-state index in [1.54, 1.807) is 0 Å². The summed E-state index contributed by atoms with van der Waals surface area (Å²) in [7, 11) is 0. The van der Waals surface area contributed by atoms with Gasteiger partial charge in [0.1, 0.15) is 0 Å². The number of ether oxygens (including phenoxy) is 1. The first kappa shape index (κ1) is 23.4. The maximum absolute atomic E-state index is 12.0. The van der Waals surface area contributed by atoms with E-state index in [2.05, 4.69) is 20.9 Å². The van der Waals surface area contributed by atoms with E-state index < -0.39 is 0 Å². The first-order valence-corrected chi connectivity index (χ1v) is 9.15. The predicted molar refractivity (Wildman–Crippen MR) is 110 cm³/mol. The molecular formula is C17H35IN4O2. The van der Waals surface area contributed by atoms with E-state index in [0.717, 1.165) is 51.5 Å². The molecule has 3 N–H and O–H groups in total. The van der Waals surface area contributed by atoms with Gasteiger partial charge >= 0.3 is 0 Å². The van der Waals surface area contributed by atoms with E-state index in [4.69, 9.17) is 4.74 Å². The number of halogens is 1. The van der Waals surface area contributed by atoms with Crippen molar-refractivity contribution in [1.29, 1.82) is 0 Å². The zero-order chi connectivity index (χ0) is 16.8. The first-order valence-electron chi connectivity index (χ1n) is 9.15. The zero-order valence-electron chi connectivity index (χ0n) is 15.2. The Balaban J connectivity index is 0.00000529. The highest BCUT2D eigenvalue weighted by atomic mass is 127. The van der Waals surface area contributed by atoms with E-state index in [1.165, 1.54) is 19.3 Å². The summed E-state index contributed by atoms with van der Waals surface area (Å²) in [6.07, 6.45) is 6.66. The maximum atomic E-state index is 12.0. The highest BCUT2D eigenvalue weighted by molar-refractivity contribution is 14.0. The normalized spacial score (nSPS) is 15.5. The van der Waals surface area contributed by atoms with Crippen LogP contribution in [0, 0.1) is 5.92 Å². The van der Waals surface area contributed by atoms with Gasteiger partial charge in [-0.2, -0.15) is 0 Å². The van der Waals surface area contributed by atoms with Gasteiger partial charge in [0.15, 0.2) is 5.96 Å². The lowest BCUT2D eigenvalue weighted by Crippen LogP contribution is -2.42. The van der Waals surface area contributed by atoms with Gasteiger partial charge in [-0.1, -0.05) is 19.3 Å². The molecule has 24 heavy (non-hydrogen) atoms. The average Bonchev–Trinajstić information content (AvgIpc) is 2.59. The van der Waals surface area contributed by atoms with E-state index in [-0.39, 0.29) is 35.8 Å². The van der Waals surface area contributed by atoms with Crippen LogP contribution in [0.4, 0.5) is 0 Å². The molecule has 1 saturated carbocycles. The molecule has 0 aromatic heterocycles. The maximum Gasteiger partial charge on any atom is 0.223 e. The van der Waals surface area contributed by atoms with Crippen molar-refractivity contribution in [1.82, 2.24) is 16.0 Å². The first-order chi connectivity index (χ1) is 11.3. The van der Waals surface area contributed by atoms with E-state index in [9.17, 15) is 4.79 Å². The van der Waals surface area contributed by atoms with Crippen LogP contribution in [0.2, 0.25) is 0 Å². The van der Waals surface area contributed by atoms with Gasteiger partial charge in [-0.3, -0.25) is 9.79 Å². The summed E-state index contributed by atoms with van der Waals surface area (Å²) >= 11 is 0. The summed E-state index contributed by atoms with van der Waals surface area (Å²) in [4.78, 5) is 16.5. The van der Waals surface area contributed by atoms with E-state index >= 15 is 0 Å². The van der Waals surface area contributed by atoms with Crippen molar-refractivity contribution in [3.63, 3.8) is 0 Å². The van der Waals surface area contributed by atoms with E-state index in [0.29, 0.717) is 13.1 Å². The standard InChI is InChI=1S/C17H34N4O2.HI/c1-3-18-17(20-11-8-14-23-4-2)21-13-12-19-16(22)15-9-6-5-7-10-15;/h15H,3-14H2,1-2H3,(H,19,22)(H2,18,20,21);1H. The van der Waals surface area contributed by atoms with Crippen LogP contribution in [-0.4, -0.2) is 51.3 Å². The molecule has 0 aliphatic heterocycles. The summed E-state index contributed by atoms with van der Waals surface area (Å²) in [5.74, 6) is 1.24. The van der Waals surface area contributed by atoms with Crippen molar-refractivity contribution in [2.75, 3.05) is 39.4 Å². The molecule has 0 aromatic carbocycles. The van der Waals surface area contributed by atoms with Crippen LogP contribution in [0.15, 0.2) is 4.99 Å². The summed E-state index contributed by atoms with van der Waals surface area (Å²) < 4.78 is 5.30. The molecule has 0 bridgehead atoms. The molecule has 0 spiro atoms. The number of hydrogen-bond donors (Lipinski definition) is 3. The second kappa shape index (κ2) is 15.9. The minimum atomic E-state index is 0. The summed E-state index contributed by atoms with van der Waals surface area (Å²) in [5, 5.41) is 9.49. The Labute approximate surface area is 164 Å². The third-order valence-electron chi connectivity index (χ3n) is 3.96. The highest BCUT2D eigenvalue weighted by Gasteiger charge is 2.20. The monoisotopic (exact) mass is 454 g/mol. The van der Waals surface area contributed by atoms with E-state index in [1.807, 2.05) is 13.8 Å². The lowest BCUT2D eigenvalue weighted by atomic mass is 9.89. The summed E-state index contributed by atoms with van der Waals surface area (Å²) in [6.45, 7) is 8.43. The second-order valence-corrected chi connectivity index (χ2v) is 5.86. The van der Waals surface area contributed by atoms with Crippen LogP contribution < -0.4 is 16.0 Å². The number of carbonyl (C=O) groups excluding carboxylic acids is 1. The topological polar surface area (TPSA) is 74.8 Å². The van der Waals surface area contributed by atoms with Crippen molar-refractivity contribution in [3.05, 3.63) is 0 Å². The molecule has 6 nitrogen and oxygen atoms in total. The molecule has 0 saturated heterocycles. The summed E-state index contributed by atoms with van der Waals surface area (Å²) in [6, 6.07) is 0. The van der Waals surface area contributed by atoms with Gasteiger partial charge in [0.05, 0.1) is 0 Å².